The van der Waals surface area contributed by atoms with Gasteiger partial charge in [-0.05, 0) is 36.6 Å². The Morgan fingerprint density at radius 1 is 1.05 bits per heavy atom. The fraction of sp³-hybridized carbons (Fsp3) is 0.333. The number of benzene rings is 1. The summed E-state index contributed by atoms with van der Waals surface area (Å²) in [5.41, 5.74) is 1.09. The van der Waals surface area contributed by atoms with E-state index in [-0.39, 0.29) is 5.82 Å². The van der Waals surface area contributed by atoms with Crippen molar-refractivity contribution in [3.8, 4) is 0 Å². The zero-order chi connectivity index (χ0) is 14.2. The number of nitrogens with zero attached hydrogens (tertiary/aromatic N) is 2. The largest absolute Gasteiger partial charge is 0.370 e. The van der Waals surface area contributed by atoms with Crippen LogP contribution < -0.4 is 10.6 Å². The van der Waals surface area contributed by atoms with Gasteiger partial charge < -0.3 is 10.6 Å². The molecule has 0 bridgehead atoms. The lowest BCUT2D eigenvalue weighted by Crippen LogP contribution is -2.09. The molecular weight excluding hydrogens is 255 g/mol. The first-order valence-corrected chi connectivity index (χ1v) is 6.83. The van der Waals surface area contributed by atoms with Crippen molar-refractivity contribution in [3.05, 3.63) is 47.9 Å². The molecule has 1 aromatic carbocycles. The van der Waals surface area contributed by atoms with Crippen LogP contribution in [0.4, 0.5) is 16.2 Å². The van der Waals surface area contributed by atoms with Crippen LogP contribution in [0.5, 0.6) is 0 Å². The zero-order valence-corrected chi connectivity index (χ0v) is 11.6. The van der Waals surface area contributed by atoms with E-state index < -0.39 is 0 Å². The molecule has 20 heavy (non-hydrogen) atoms. The van der Waals surface area contributed by atoms with Crippen molar-refractivity contribution < 1.29 is 4.39 Å². The van der Waals surface area contributed by atoms with Crippen molar-refractivity contribution in [3.63, 3.8) is 0 Å². The Balaban J connectivity index is 1.82. The predicted molar refractivity (Wildman–Crippen MR) is 79.4 cm³/mol. The lowest BCUT2D eigenvalue weighted by atomic mass is 10.1. The van der Waals surface area contributed by atoms with E-state index in [0.717, 1.165) is 37.3 Å². The van der Waals surface area contributed by atoms with Gasteiger partial charge in [0, 0.05) is 19.3 Å². The molecular formula is C15H19FN4. The Bertz CT molecular complexity index is 528. The summed E-state index contributed by atoms with van der Waals surface area (Å²) in [5, 5.41) is 6.38. The van der Waals surface area contributed by atoms with Crippen LogP contribution in [0.1, 0.15) is 18.9 Å². The van der Waals surface area contributed by atoms with Crippen molar-refractivity contribution in [2.75, 3.05) is 23.7 Å². The third kappa shape index (κ3) is 4.50. The van der Waals surface area contributed by atoms with E-state index in [2.05, 4.69) is 27.5 Å². The minimum absolute atomic E-state index is 0.204. The van der Waals surface area contributed by atoms with Crippen molar-refractivity contribution in [1.82, 2.24) is 9.97 Å². The van der Waals surface area contributed by atoms with Crippen molar-refractivity contribution in [1.29, 1.82) is 0 Å². The van der Waals surface area contributed by atoms with Crippen LogP contribution in [-0.2, 0) is 6.42 Å². The number of rotatable bonds is 7. The van der Waals surface area contributed by atoms with E-state index in [0.29, 0.717) is 5.95 Å². The maximum atomic E-state index is 12.8. The number of aromatic nitrogens is 2. The van der Waals surface area contributed by atoms with Gasteiger partial charge in [0.05, 0.1) is 0 Å². The maximum absolute atomic E-state index is 12.8. The third-order valence-electron chi connectivity index (χ3n) is 2.82. The highest BCUT2D eigenvalue weighted by Gasteiger charge is 1.99. The Labute approximate surface area is 118 Å². The second-order valence-corrected chi connectivity index (χ2v) is 4.50. The smallest absolute Gasteiger partial charge is 0.224 e. The number of hydrogen-bond acceptors (Lipinski definition) is 4. The van der Waals surface area contributed by atoms with Crippen LogP contribution >= 0.6 is 0 Å². The van der Waals surface area contributed by atoms with Crippen LogP contribution in [0.2, 0.25) is 0 Å². The Hall–Kier alpha value is -2.17. The zero-order valence-electron chi connectivity index (χ0n) is 11.6. The van der Waals surface area contributed by atoms with Crippen LogP contribution in [-0.4, -0.2) is 23.1 Å². The molecule has 0 saturated carbocycles. The fourth-order valence-electron chi connectivity index (χ4n) is 1.77. The summed E-state index contributed by atoms with van der Waals surface area (Å²) in [6.07, 6.45) is 3.58. The first-order chi connectivity index (χ1) is 9.78. The highest BCUT2D eigenvalue weighted by Crippen LogP contribution is 2.07. The highest BCUT2D eigenvalue weighted by atomic mass is 19.1. The molecule has 0 amide bonds. The molecule has 0 fully saturated rings. The van der Waals surface area contributed by atoms with E-state index in [4.69, 9.17) is 0 Å². The van der Waals surface area contributed by atoms with Gasteiger partial charge in [0.15, 0.2) is 0 Å². The molecule has 1 heterocycles. The predicted octanol–water partition coefficient (Wildman–Crippen LogP) is 3.09. The molecule has 2 rings (SSSR count). The quantitative estimate of drug-likeness (QED) is 0.814. The highest BCUT2D eigenvalue weighted by molar-refractivity contribution is 5.39. The summed E-state index contributed by atoms with van der Waals surface area (Å²) in [4.78, 5) is 8.51. The summed E-state index contributed by atoms with van der Waals surface area (Å²) < 4.78 is 12.8. The van der Waals surface area contributed by atoms with E-state index in [1.807, 2.05) is 6.07 Å². The van der Waals surface area contributed by atoms with Gasteiger partial charge in [-0.15, -0.1) is 0 Å². The van der Waals surface area contributed by atoms with E-state index in [9.17, 15) is 4.39 Å². The summed E-state index contributed by atoms with van der Waals surface area (Å²) in [6, 6.07) is 8.39. The topological polar surface area (TPSA) is 49.8 Å². The van der Waals surface area contributed by atoms with Crippen LogP contribution in [0.25, 0.3) is 0 Å². The Morgan fingerprint density at radius 3 is 2.60 bits per heavy atom. The van der Waals surface area contributed by atoms with Crippen molar-refractivity contribution in [2.24, 2.45) is 0 Å². The molecule has 0 aliphatic rings. The summed E-state index contributed by atoms with van der Waals surface area (Å²) in [5.74, 6) is 1.23. The molecule has 2 aromatic rings. The molecule has 2 N–H and O–H groups in total. The molecule has 0 saturated heterocycles. The van der Waals surface area contributed by atoms with Gasteiger partial charge in [0.1, 0.15) is 11.6 Å². The van der Waals surface area contributed by atoms with Gasteiger partial charge in [0.2, 0.25) is 5.95 Å². The van der Waals surface area contributed by atoms with Gasteiger partial charge >= 0.3 is 0 Å². The molecule has 5 heteroatoms. The first kappa shape index (κ1) is 14.2. The van der Waals surface area contributed by atoms with Gasteiger partial charge in [0.25, 0.3) is 0 Å². The maximum Gasteiger partial charge on any atom is 0.224 e. The van der Waals surface area contributed by atoms with E-state index in [1.165, 1.54) is 12.1 Å². The SMILES string of the molecule is CCCNc1nccc(NCCc2ccc(F)cc2)n1. The average Bonchev–Trinajstić information content (AvgIpc) is 2.48. The van der Waals surface area contributed by atoms with Crippen molar-refractivity contribution >= 4 is 11.8 Å². The number of anilines is 2. The molecule has 1 aromatic heterocycles. The minimum Gasteiger partial charge on any atom is -0.370 e. The fourth-order valence-corrected chi connectivity index (χ4v) is 1.77. The van der Waals surface area contributed by atoms with E-state index >= 15 is 0 Å². The molecule has 0 atom stereocenters. The van der Waals surface area contributed by atoms with Gasteiger partial charge in [-0.3, -0.25) is 0 Å². The number of nitrogens with one attached hydrogen (secondary N) is 2. The molecule has 106 valence electrons. The standard InChI is InChI=1S/C15H19FN4/c1-2-9-18-15-19-11-8-14(20-15)17-10-7-12-3-5-13(16)6-4-12/h3-6,8,11H,2,7,9-10H2,1H3,(H2,17,18,19,20). The van der Waals surface area contributed by atoms with Gasteiger partial charge in [-0.25, -0.2) is 9.37 Å². The monoisotopic (exact) mass is 274 g/mol. The number of hydrogen-bond donors (Lipinski definition) is 2. The molecule has 0 aliphatic heterocycles. The Kier molecular flexibility index (Phi) is 5.29. The number of halogens is 1. The summed E-state index contributed by atoms with van der Waals surface area (Å²) >= 11 is 0. The normalized spacial score (nSPS) is 10.3. The summed E-state index contributed by atoms with van der Waals surface area (Å²) in [7, 11) is 0. The molecule has 4 nitrogen and oxygen atoms in total. The van der Waals surface area contributed by atoms with Crippen molar-refractivity contribution in [2.45, 2.75) is 19.8 Å². The molecule has 0 radical (unpaired) electrons. The lowest BCUT2D eigenvalue weighted by Gasteiger charge is -2.08. The van der Waals surface area contributed by atoms with Crippen LogP contribution in [0.3, 0.4) is 0 Å². The lowest BCUT2D eigenvalue weighted by molar-refractivity contribution is 0.627. The third-order valence-corrected chi connectivity index (χ3v) is 2.82. The van der Waals surface area contributed by atoms with Gasteiger partial charge in [-0.2, -0.15) is 4.98 Å². The van der Waals surface area contributed by atoms with Crippen LogP contribution in [0, 0.1) is 5.82 Å². The molecule has 0 unspecified atom stereocenters. The second-order valence-electron chi connectivity index (χ2n) is 4.50. The Morgan fingerprint density at radius 2 is 1.85 bits per heavy atom. The second kappa shape index (κ2) is 7.43. The molecule has 0 spiro atoms. The van der Waals surface area contributed by atoms with E-state index in [1.54, 1.807) is 18.3 Å². The first-order valence-electron chi connectivity index (χ1n) is 6.83. The van der Waals surface area contributed by atoms with Crippen LogP contribution in [0.15, 0.2) is 36.5 Å². The molecule has 0 aliphatic carbocycles. The summed E-state index contributed by atoms with van der Waals surface area (Å²) in [6.45, 7) is 3.70. The van der Waals surface area contributed by atoms with Gasteiger partial charge in [-0.1, -0.05) is 19.1 Å². The minimum atomic E-state index is -0.204. The average molecular weight is 274 g/mol.